The van der Waals surface area contributed by atoms with Gasteiger partial charge in [0, 0.05) is 58.2 Å². The van der Waals surface area contributed by atoms with Crippen LogP contribution in [0.1, 0.15) is 40.0 Å². The van der Waals surface area contributed by atoms with Gasteiger partial charge in [0.1, 0.15) is 41.1 Å². The summed E-state index contributed by atoms with van der Waals surface area (Å²) in [6.45, 7) is 2.27. The third kappa shape index (κ3) is 5.65. The Balaban J connectivity index is 1.55. The molecule has 2 N–H and O–H groups in total. The monoisotopic (exact) mass is 519 g/mol. The Hall–Kier alpha value is -4.30. The first-order valence-corrected chi connectivity index (χ1v) is 12.2. The van der Waals surface area contributed by atoms with Gasteiger partial charge >= 0.3 is 6.03 Å². The van der Waals surface area contributed by atoms with Crippen LogP contribution in [0, 0.1) is 11.3 Å². The van der Waals surface area contributed by atoms with Crippen LogP contribution in [0.5, 0.6) is 0 Å². The minimum atomic E-state index is -0.447. The highest BCUT2D eigenvalue weighted by Crippen LogP contribution is 2.30. The summed E-state index contributed by atoms with van der Waals surface area (Å²) in [4.78, 5) is 48.8. The zero-order valence-corrected chi connectivity index (χ0v) is 21.3. The van der Waals surface area contributed by atoms with Crippen LogP contribution in [0.25, 0.3) is 0 Å². The standard InChI is InChI=1S/C26H29N7O5/c1-37-9-6-28-20-11-24(29-13-19(20)12-27)31-26(36)33-7-3-4-17-10-18(21(15-34)30-25(17)33)14-32-8-5-23(38-2)22(32)16-35/h10-11,13,15,23H,3-9,14H2,1-2H3,(H2,28,29,31,36). The van der Waals surface area contributed by atoms with Crippen molar-refractivity contribution in [2.24, 2.45) is 0 Å². The van der Waals surface area contributed by atoms with Crippen molar-refractivity contribution >= 4 is 35.6 Å². The van der Waals surface area contributed by atoms with Crippen LogP contribution < -0.4 is 15.5 Å². The van der Waals surface area contributed by atoms with Crippen molar-refractivity contribution in [3.63, 3.8) is 0 Å². The second-order valence-electron chi connectivity index (χ2n) is 8.89. The molecule has 2 aromatic rings. The highest BCUT2D eigenvalue weighted by atomic mass is 16.5. The number of pyridine rings is 2. The summed E-state index contributed by atoms with van der Waals surface area (Å²) in [5.41, 5.74) is 3.01. The first-order valence-electron chi connectivity index (χ1n) is 12.2. The van der Waals surface area contributed by atoms with Crippen LogP contribution >= 0.6 is 0 Å². The third-order valence-corrected chi connectivity index (χ3v) is 6.57. The molecule has 0 radical (unpaired) electrons. The zero-order chi connectivity index (χ0) is 27.1. The van der Waals surface area contributed by atoms with Gasteiger partial charge in [-0.15, -0.1) is 0 Å². The van der Waals surface area contributed by atoms with Crippen molar-refractivity contribution < 1.29 is 23.9 Å². The molecule has 198 valence electrons. The summed E-state index contributed by atoms with van der Waals surface area (Å²) >= 11 is 0. The topological polar surface area (TPSA) is 150 Å². The van der Waals surface area contributed by atoms with Gasteiger partial charge in [0.05, 0.1) is 17.9 Å². The highest BCUT2D eigenvalue weighted by Gasteiger charge is 2.31. The van der Waals surface area contributed by atoms with E-state index in [1.165, 1.54) is 11.1 Å². The molecule has 4 heterocycles. The van der Waals surface area contributed by atoms with E-state index in [4.69, 9.17) is 9.47 Å². The number of amides is 2. The molecular weight excluding hydrogens is 490 g/mol. The van der Waals surface area contributed by atoms with Crippen molar-refractivity contribution in [1.82, 2.24) is 14.9 Å². The minimum absolute atomic E-state index is 0.204. The number of methoxy groups -OCH3 is 2. The zero-order valence-electron chi connectivity index (χ0n) is 21.3. The van der Waals surface area contributed by atoms with E-state index in [9.17, 15) is 19.6 Å². The molecule has 2 aromatic heterocycles. The van der Waals surface area contributed by atoms with Crippen LogP contribution in [0.2, 0.25) is 0 Å². The van der Waals surface area contributed by atoms with Gasteiger partial charge in [0.25, 0.3) is 0 Å². The number of nitriles is 1. The summed E-state index contributed by atoms with van der Waals surface area (Å²) < 4.78 is 10.4. The molecule has 2 amide bonds. The molecular formula is C26H29N7O5. The number of hydrogen-bond donors (Lipinski definition) is 2. The number of likely N-dealkylation sites (tertiary alicyclic amines) is 1. The number of carbonyl (C=O) groups is 2. The molecule has 12 heteroatoms. The fraction of sp³-hybridized carbons (Fsp3) is 0.423. The predicted octanol–water partition coefficient (Wildman–Crippen LogP) is 2.14. The van der Waals surface area contributed by atoms with E-state index in [0.29, 0.717) is 86.7 Å². The van der Waals surface area contributed by atoms with Gasteiger partial charge in [0.2, 0.25) is 0 Å². The van der Waals surface area contributed by atoms with Crippen molar-refractivity contribution in [2.45, 2.75) is 31.9 Å². The SMILES string of the molecule is COCCNc1cc(NC(=O)N2CCCc3cc(CN4CCC(OC)C4=C=O)c(C=O)nc32)ncc1C#N. The first-order chi connectivity index (χ1) is 18.5. The average molecular weight is 520 g/mol. The Morgan fingerprint density at radius 2 is 2.16 bits per heavy atom. The Bertz CT molecular complexity index is 1300. The van der Waals surface area contributed by atoms with Gasteiger partial charge in [-0.3, -0.25) is 15.0 Å². The van der Waals surface area contributed by atoms with Crippen LogP contribution in [-0.2, 0) is 27.2 Å². The number of fused-ring (bicyclic) bond motifs is 1. The van der Waals surface area contributed by atoms with Crippen LogP contribution in [0.3, 0.4) is 0 Å². The van der Waals surface area contributed by atoms with E-state index in [0.717, 1.165) is 5.56 Å². The number of urea groups is 1. The number of carbonyl (C=O) groups excluding carboxylic acids is 3. The van der Waals surface area contributed by atoms with Crippen molar-refractivity contribution in [3.05, 3.63) is 46.4 Å². The number of rotatable bonds is 9. The van der Waals surface area contributed by atoms with Crippen LogP contribution in [0.4, 0.5) is 22.1 Å². The summed E-state index contributed by atoms with van der Waals surface area (Å²) in [6.07, 6.45) is 3.80. The smallest absolute Gasteiger partial charge is 0.328 e. The van der Waals surface area contributed by atoms with E-state index >= 15 is 0 Å². The Kier molecular flexibility index (Phi) is 8.66. The van der Waals surface area contributed by atoms with Gasteiger partial charge < -0.3 is 19.7 Å². The quantitative estimate of drug-likeness (QED) is 0.287. The van der Waals surface area contributed by atoms with Crippen molar-refractivity contribution in [2.75, 3.05) is 56.0 Å². The number of aryl methyl sites for hydroxylation is 1. The molecule has 0 aromatic carbocycles. The minimum Gasteiger partial charge on any atom is -0.383 e. The predicted molar refractivity (Wildman–Crippen MR) is 139 cm³/mol. The molecule has 4 rings (SSSR count). The van der Waals surface area contributed by atoms with E-state index in [1.807, 2.05) is 16.9 Å². The van der Waals surface area contributed by atoms with Crippen molar-refractivity contribution in [1.29, 1.82) is 5.26 Å². The number of anilines is 3. The lowest BCUT2D eigenvalue weighted by molar-refractivity contribution is 0.111. The molecule has 0 spiro atoms. The Morgan fingerprint density at radius 1 is 1.32 bits per heavy atom. The Labute approximate surface area is 220 Å². The Morgan fingerprint density at radius 3 is 2.87 bits per heavy atom. The van der Waals surface area contributed by atoms with Crippen molar-refractivity contribution in [3.8, 4) is 6.07 Å². The molecule has 0 aliphatic carbocycles. The molecule has 2 aliphatic heterocycles. The van der Waals surface area contributed by atoms with E-state index < -0.39 is 6.03 Å². The summed E-state index contributed by atoms with van der Waals surface area (Å²) in [6, 6.07) is 5.09. The average Bonchev–Trinajstić information content (AvgIpc) is 3.34. The van der Waals surface area contributed by atoms with E-state index in [-0.39, 0.29) is 17.6 Å². The second kappa shape index (κ2) is 12.3. The summed E-state index contributed by atoms with van der Waals surface area (Å²) in [5, 5.41) is 15.2. The molecule has 1 unspecified atom stereocenters. The normalized spacial score (nSPS) is 16.4. The highest BCUT2D eigenvalue weighted by molar-refractivity contribution is 6.01. The third-order valence-electron chi connectivity index (χ3n) is 6.57. The van der Waals surface area contributed by atoms with Gasteiger partial charge in [-0.2, -0.15) is 5.26 Å². The lowest BCUT2D eigenvalue weighted by atomic mass is 10.0. The van der Waals surface area contributed by atoms with Gasteiger partial charge in [0.15, 0.2) is 6.29 Å². The fourth-order valence-corrected chi connectivity index (χ4v) is 4.67. The lowest BCUT2D eigenvalue weighted by Crippen LogP contribution is -2.40. The first kappa shape index (κ1) is 26.8. The van der Waals surface area contributed by atoms with E-state index in [1.54, 1.807) is 20.3 Å². The second-order valence-corrected chi connectivity index (χ2v) is 8.89. The summed E-state index contributed by atoms with van der Waals surface area (Å²) in [5.74, 6) is 2.65. The lowest BCUT2D eigenvalue weighted by Gasteiger charge is -2.29. The summed E-state index contributed by atoms with van der Waals surface area (Å²) in [7, 11) is 3.13. The molecule has 0 bridgehead atoms. The van der Waals surface area contributed by atoms with E-state index in [2.05, 4.69) is 26.7 Å². The maximum atomic E-state index is 13.2. The molecule has 1 saturated heterocycles. The number of nitrogens with one attached hydrogen (secondary N) is 2. The maximum absolute atomic E-state index is 13.2. The fourth-order valence-electron chi connectivity index (χ4n) is 4.67. The molecule has 1 fully saturated rings. The largest absolute Gasteiger partial charge is 0.383 e. The van der Waals surface area contributed by atoms with Gasteiger partial charge in [-0.1, -0.05) is 0 Å². The van der Waals surface area contributed by atoms with Gasteiger partial charge in [-0.25, -0.2) is 19.6 Å². The molecule has 2 aliphatic rings. The maximum Gasteiger partial charge on any atom is 0.328 e. The number of ether oxygens (including phenoxy) is 2. The van der Waals surface area contributed by atoms with Crippen LogP contribution in [-0.4, -0.2) is 79.7 Å². The number of aldehydes is 1. The molecule has 1 atom stereocenters. The van der Waals surface area contributed by atoms with Gasteiger partial charge in [-0.05, 0) is 30.9 Å². The molecule has 38 heavy (non-hydrogen) atoms. The van der Waals surface area contributed by atoms with Crippen LogP contribution in [0.15, 0.2) is 24.0 Å². The molecule has 0 saturated carbocycles. The molecule has 12 nitrogen and oxygen atoms in total. The number of hydrogen-bond acceptors (Lipinski definition) is 10. The number of aromatic nitrogens is 2. The number of nitrogens with zero attached hydrogens (tertiary/aromatic N) is 5.